The first-order chi connectivity index (χ1) is 10.1. The lowest BCUT2D eigenvalue weighted by molar-refractivity contribution is -0.115. The number of hydrogen-bond donors (Lipinski definition) is 2. The van der Waals surface area contributed by atoms with E-state index in [0.29, 0.717) is 24.4 Å². The lowest BCUT2D eigenvalue weighted by Gasteiger charge is -2.29. The summed E-state index contributed by atoms with van der Waals surface area (Å²) in [5.74, 6) is 0.388. The van der Waals surface area contributed by atoms with Crippen molar-refractivity contribution < 1.29 is 9.59 Å². The van der Waals surface area contributed by atoms with E-state index in [2.05, 4.69) is 5.32 Å². The lowest BCUT2D eigenvalue weighted by atomic mass is 10.0. The Balaban J connectivity index is 1.79. The minimum absolute atomic E-state index is 0.00398. The zero-order valence-electron chi connectivity index (χ0n) is 12.3. The number of nitrogens with one attached hydrogen (secondary N) is 1. The molecule has 1 heterocycles. The van der Waals surface area contributed by atoms with Crippen molar-refractivity contribution in [1.29, 1.82) is 0 Å². The molecule has 0 spiro atoms. The molecule has 5 heteroatoms. The van der Waals surface area contributed by atoms with Gasteiger partial charge in [-0.25, -0.2) is 0 Å². The van der Waals surface area contributed by atoms with Crippen molar-refractivity contribution in [2.45, 2.75) is 31.7 Å². The highest BCUT2D eigenvalue weighted by atomic mass is 16.2. The van der Waals surface area contributed by atoms with Crippen LogP contribution in [0.2, 0.25) is 0 Å². The van der Waals surface area contributed by atoms with E-state index in [1.807, 2.05) is 24.1 Å². The van der Waals surface area contributed by atoms with Crippen molar-refractivity contribution in [1.82, 2.24) is 4.90 Å². The first-order valence-electron chi connectivity index (χ1n) is 7.50. The van der Waals surface area contributed by atoms with Gasteiger partial charge in [-0.3, -0.25) is 9.59 Å². The van der Waals surface area contributed by atoms with E-state index in [1.54, 1.807) is 6.07 Å². The van der Waals surface area contributed by atoms with Crippen molar-refractivity contribution in [3.8, 4) is 0 Å². The molecule has 3 rings (SSSR count). The van der Waals surface area contributed by atoms with Crippen LogP contribution in [0.3, 0.4) is 0 Å². The Bertz CT molecular complexity index is 585. The van der Waals surface area contributed by atoms with E-state index < -0.39 is 0 Å². The molecule has 1 saturated carbocycles. The van der Waals surface area contributed by atoms with Crippen LogP contribution in [0.25, 0.3) is 0 Å². The van der Waals surface area contributed by atoms with Gasteiger partial charge in [0, 0.05) is 24.3 Å². The van der Waals surface area contributed by atoms with E-state index in [9.17, 15) is 9.59 Å². The molecule has 1 aliphatic carbocycles. The molecule has 1 aliphatic heterocycles. The van der Waals surface area contributed by atoms with Gasteiger partial charge in [-0.05, 0) is 43.0 Å². The molecule has 1 aromatic rings. The fourth-order valence-corrected chi connectivity index (χ4v) is 3.50. The van der Waals surface area contributed by atoms with Crippen LogP contribution < -0.4 is 11.1 Å². The van der Waals surface area contributed by atoms with Crippen molar-refractivity contribution >= 4 is 17.5 Å². The van der Waals surface area contributed by atoms with E-state index in [4.69, 9.17) is 5.73 Å². The quantitative estimate of drug-likeness (QED) is 0.882. The van der Waals surface area contributed by atoms with Gasteiger partial charge >= 0.3 is 0 Å². The molecule has 2 atom stereocenters. The van der Waals surface area contributed by atoms with Crippen LogP contribution >= 0.6 is 0 Å². The minimum Gasteiger partial charge on any atom is -0.338 e. The fraction of sp³-hybridized carbons (Fsp3) is 0.500. The Kier molecular flexibility index (Phi) is 3.68. The number of carbonyl (C=O) groups excluding carboxylic acids is 2. The molecule has 1 aromatic carbocycles. The average Bonchev–Trinajstić information content (AvgIpc) is 3.09. The van der Waals surface area contributed by atoms with Crippen LogP contribution in [0.15, 0.2) is 18.2 Å². The molecule has 2 amide bonds. The first kappa shape index (κ1) is 14.1. The number of nitrogens with two attached hydrogens (primary N) is 1. The van der Waals surface area contributed by atoms with Gasteiger partial charge in [-0.2, -0.15) is 0 Å². The first-order valence-corrected chi connectivity index (χ1v) is 7.50. The summed E-state index contributed by atoms with van der Waals surface area (Å²) in [4.78, 5) is 25.9. The highest BCUT2D eigenvalue weighted by molar-refractivity contribution is 6.02. The smallest absolute Gasteiger partial charge is 0.253 e. The fourth-order valence-electron chi connectivity index (χ4n) is 3.50. The molecule has 0 radical (unpaired) electrons. The molecule has 0 bridgehead atoms. The Morgan fingerprint density at radius 3 is 3.00 bits per heavy atom. The number of nitrogens with zero attached hydrogens (tertiary/aromatic N) is 1. The van der Waals surface area contributed by atoms with Crippen LogP contribution in [0.4, 0.5) is 5.69 Å². The molecular weight excluding hydrogens is 266 g/mol. The van der Waals surface area contributed by atoms with Gasteiger partial charge < -0.3 is 16.0 Å². The third-order valence-corrected chi connectivity index (χ3v) is 4.72. The number of anilines is 1. The van der Waals surface area contributed by atoms with Crippen LogP contribution in [0.1, 0.15) is 35.2 Å². The van der Waals surface area contributed by atoms with E-state index in [-0.39, 0.29) is 17.9 Å². The Morgan fingerprint density at radius 1 is 1.43 bits per heavy atom. The summed E-state index contributed by atoms with van der Waals surface area (Å²) >= 11 is 0. The monoisotopic (exact) mass is 287 g/mol. The zero-order valence-corrected chi connectivity index (χ0v) is 12.3. The van der Waals surface area contributed by atoms with E-state index >= 15 is 0 Å². The average molecular weight is 287 g/mol. The molecule has 3 N–H and O–H groups in total. The molecule has 21 heavy (non-hydrogen) atoms. The van der Waals surface area contributed by atoms with Crippen molar-refractivity contribution in [2.75, 3.05) is 18.9 Å². The summed E-state index contributed by atoms with van der Waals surface area (Å²) in [5, 5.41) is 2.79. The largest absolute Gasteiger partial charge is 0.338 e. The van der Waals surface area contributed by atoms with Gasteiger partial charge in [0.2, 0.25) is 5.91 Å². The van der Waals surface area contributed by atoms with Gasteiger partial charge in [-0.15, -0.1) is 0 Å². The third-order valence-electron chi connectivity index (χ3n) is 4.72. The summed E-state index contributed by atoms with van der Waals surface area (Å²) in [5.41, 5.74) is 8.15. The van der Waals surface area contributed by atoms with Crippen LogP contribution in [-0.4, -0.2) is 36.3 Å². The second-order valence-corrected chi connectivity index (χ2v) is 6.01. The maximum Gasteiger partial charge on any atom is 0.253 e. The summed E-state index contributed by atoms with van der Waals surface area (Å²) in [6.07, 6.45) is 3.65. The normalized spacial score (nSPS) is 23.8. The Hall–Kier alpha value is -1.88. The maximum atomic E-state index is 12.6. The summed E-state index contributed by atoms with van der Waals surface area (Å²) in [7, 11) is 1.85. The van der Waals surface area contributed by atoms with Crippen LogP contribution in [0, 0.1) is 5.92 Å². The van der Waals surface area contributed by atoms with Crippen molar-refractivity contribution in [2.24, 2.45) is 11.7 Å². The molecule has 5 nitrogen and oxygen atoms in total. The predicted molar refractivity (Wildman–Crippen MR) is 81.1 cm³/mol. The molecule has 2 aliphatic rings. The highest BCUT2D eigenvalue weighted by Gasteiger charge is 2.32. The summed E-state index contributed by atoms with van der Waals surface area (Å²) < 4.78 is 0. The van der Waals surface area contributed by atoms with Crippen LogP contribution in [0.5, 0.6) is 0 Å². The van der Waals surface area contributed by atoms with Crippen LogP contribution in [-0.2, 0) is 11.2 Å². The number of amides is 2. The van der Waals surface area contributed by atoms with Crippen molar-refractivity contribution in [3.63, 3.8) is 0 Å². The molecule has 1 fully saturated rings. The predicted octanol–water partition coefficient (Wildman–Crippen LogP) is 1.38. The van der Waals surface area contributed by atoms with Crippen molar-refractivity contribution in [3.05, 3.63) is 29.3 Å². The zero-order chi connectivity index (χ0) is 15.0. The second-order valence-electron chi connectivity index (χ2n) is 6.01. The topological polar surface area (TPSA) is 75.4 Å². The maximum absolute atomic E-state index is 12.6. The van der Waals surface area contributed by atoms with Gasteiger partial charge in [0.1, 0.15) is 0 Å². The van der Waals surface area contributed by atoms with Gasteiger partial charge in [0.15, 0.2) is 0 Å². The second kappa shape index (κ2) is 5.48. The number of benzene rings is 1. The SMILES string of the molecule is CN(C(=O)c1ccc2c(c1)NC(=O)C2)C1CCCC1CN. The third kappa shape index (κ3) is 2.53. The van der Waals surface area contributed by atoms with Gasteiger partial charge in [0.25, 0.3) is 5.91 Å². The number of hydrogen-bond acceptors (Lipinski definition) is 3. The molecule has 0 saturated heterocycles. The lowest BCUT2D eigenvalue weighted by Crippen LogP contribution is -2.41. The van der Waals surface area contributed by atoms with Gasteiger partial charge in [0.05, 0.1) is 6.42 Å². The molecule has 112 valence electrons. The minimum atomic E-state index is -0.0121. The summed E-state index contributed by atoms with van der Waals surface area (Å²) in [6.45, 7) is 0.628. The summed E-state index contributed by atoms with van der Waals surface area (Å²) in [6, 6.07) is 5.68. The van der Waals surface area contributed by atoms with E-state index in [0.717, 1.165) is 30.5 Å². The molecule has 0 aromatic heterocycles. The van der Waals surface area contributed by atoms with Gasteiger partial charge in [-0.1, -0.05) is 12.5 Å². The Labute approximate surface area is 124 Å². The number of carbonyl (C=O) groups is 2. The van der Waals surface area contributed by atoms with E-state index in [1.165, 1.54) is 0 Å². The number of fused-ring (bicyclic) bond motifs is 1. The molecular formula is C16H21N3O2. The molecule has 2 unspecified atom stereocenters. The Morgan fingerprint density at radius 2 is 2.24 bits per heavy atom. The number of rotatable bonds is 3. The standard InChI is InChI=1S/C16H21N3O2/c1-19(14-4-2-3-12(14)9-17)16(21)11-6-5-10-8-15(20)18-13(10)7-11/h5-7,12,14H,2-4,8-9,17H2,1H3,(H,18,20). The highest BCUT2D eigenvalue weighted by Crippen LogP contribution is 2.30.